The number of nitrogens with one attached hydrogen (secondary N) is 1. The Morgan fingerprint density at radius 1 is 1.15 bits per heavy atom. The van der Waals surface area contributed by atoms with Crippen molar-refractivity contribution in [3.05, 3.63) is 65.0 Å². The van der Waals surface area contributed by atoms with E-state index in [-0.39, 0.29) is 17.3 Å². The first kappa shape index (κ1) is 13.2. The van der Waals surface area contributed by atoms with Crippen LogP contribution in [0.15, 0.2) is 42.5 Å². The molecule has 2 aromatic carbocycles. The molecule has 1 nitrogen and oxygen atoms in total. The maximum atomic E-state index is 13.4. The van der Waals surface area contributed by atoms with E-state index in [1.54, 1.807) is 6.92 Å². The molecular formula is C18H20FN. The second kappa shape index (κ2) is 4.62. The first-order valence-electron chi connectivity index (χ1n) is 7.08. The summed E-state index contributed by atoms with van der Waals surface area (Å²) in [6.45, 7) is 6.36. The van der Waals surface area contributed by atoms with Crippen LogP contribution in [0.1, 0.15) is 36.6 Å². The van der Waals surface area contributed by atoms with Crippen LogP contribution in [-0.4, -0.2) is 0 Å². The zero-order valence-electron chi connectivity index (χ0n) is 12.2. The van der Waals surface area contributed by atoms with E-state index in [4.69, 9.17) is 0 Å². The standard InChI is InChI=1S/C18H20FN/c1-12-10-14(8-9-16(12)19)20-17-15-7-5-4-6-13(15)11-18(17,2)3/h4-10,17,20H,11H2,1-3H3. The first-order chi connectivity index (χ1) is 9.47. The van der Waals surface area contributed by atoms with Gasteiger partial charge < -0.3 is 5.32 Å². The van der Waals surface area contributed by atoms with Crippen molar-refractivity contribution in [2.75, 3.05) is 5.32 Å². The van der Waals surface area contributed by atoms with Gasteiger partial charge in [0.15, 0.2) is 0 Å². The maximum absolute atomic E-state index is 13.4. The number of aryl methyl sites for hydroxylation is 1. The number of fused-ring (bicyclic) bond motifs is 1. The fraction of sp³-hybridized carbons (Fsp3) is 0.333. The highest BCUT2D eigenvalue weighted by Gasteiger charge is 2.38. The van der Waals surface area contributed by atoms with Gasteiger partial charge >= 0.3 is 0 Å². The number of hydrogen-bond donors (Lipinski definition) is 1. The highest BCUT2D eigenvalue weighted by molar-refractivity contribution is 5.51. The van der Waals surface area contributed by atoms with Crippen LogP contribution in [0.2, 0.25) is 0 Å². The van der Waals surface area contributed by atoms with Gasteiger partial charge in [-0.05, 0) is 53.6 Å². The molecule has 0 radical (unpaired) electrons. The number of benzene rings is 2. The SMILES string of the molecule is Cc1cc(NC2c3ccccc3CC2(C)C)ccc1F. The average Bonchev–Trinajstić information content (AvgIpc) is 2.65. The van der Waals surface area contributed by atoms with Crippen molar-refractivity contribution in [2.45, 2.75) is 33.2 Å². The lowest BCUT2D eigenvalue weighted by Crippen LogP contribution is -2.24. The van der Waals surface area contributed by atoms with Crippen LogP contribution >= 0.6 is 0 Å². The van der Waals surface area contributed by atoms with Gasteiger partial charge in [-0.3, -0.25) is 0 Å². The fourth-order valence-electron chi connectivity index (χ4n) is 3.16. The first-order valence-corrected chi connectivity index (χ1v) is 7.08. The Morgan fingerprint density at radius 2 is 1.90 bits per heavy atom. The Bertz CT molecular complexity index is 646. The second-order valence-corrected chi connectivity index (χ2v) is 6.41. The average molecular weight is 269 g/mol. The highest BCUT2D eigenvalue weighted by atomic mass is 19.1. The Balaban J connectivity index is 1.94. The summed E-state index contributed by atoms with van der Waals surface area (Å²) >= 11 is 0. The van der Waals surface area contributed by atoms with Crippen LogP contribution in [-0.2, 0) is 6.42 Å². The van der Waals surface area contributed by atoms with Crippen LogP contribution in [0.4, 0.5) is 10.1 Å². The molecule has 1 aliphatic carbocycles. The molecule has 1 aliphatic rings. The largest absolute Gasteiger partial charge is 0.378 e. The normalized spacial score (nSPS) is 19.7. The third-order valence-electron chi connectivity index (χ3n) is 4.26. The second-order valence-electron chi connectivity index (χ2n) is 6.41. The molecule has 1 N–H and O–H groups in total. The van der Waals surface area contributed by atoms with Crippen molar-refractivity contribution >= 4 is 5.69 Å². The summed E-state index contributed by atoms with van der Waals surface area (Å²) in [4.78, 5) is 0. The van der Waals surface area contributed by atoms with Gasteiger partial charge in [-0.1, -0.05) is 38.1 Å². The lowest BCUT2D eigenvalue weighted by molar-refractivity contribution is 0.337. The monoisotopic (exact) mass is 269 g/mol. The van der Waals surface area contributed by atoms with E-state index in [0.29, 0.717) is 5.56 Å². The van der Waals surface area contributed by atoms with Crippen molar-refractivity contribution < 1.29 is 4.39 Å². The molecule has 2 heteroatoms. The Kier molecular flexibility index (Phi) is 3.04. The summed E-state index contributed by atoms with van der Waals surface area (Å²) in [5.74, 6) is -0.151. The van der Waals surface area contributed by atoms with Crippen molar-refractivity contribution in [2.24, 2.45) is 5.41 Å². The molecule has 0 bridgehead atoms. The summed E-state index contributed by atoms with van der Waals surface area (Å²) in [5.41, 5.74) is 4.59. The highest BCUT2D eigenvalue weighted by Crippen LogP contribution is 2.46. The van der Waals surface area contributed by atoms with Gasteiger partial charge in [0.2, 0.25) is 0 Å². The van der Waals surface area contributed by atoms with E-state index >= 15 is 0 Å². The van der Waals surface area contributed by atoms with E-state index < -0.39 is 0 Å². The van der Waals surface area contributed by atoms with Crippen molar-refractivity contribution in [1.29, 1.82) is 0 Å². The lowest BCUT2D eigenvalue weighted by Gasteiger charge is -2.29. The molecule has 104 valence electrons. The molecule has 0 aromatic heterocycles. The molecule has 0 fully saturated rings. The predicted molar refractivity (Wildman–Crippen MR) is 81.4 cm³/mol. The molecule has 0 saturated carbocycles. The fourth-order valence-corrected chi connectivity index (χ4v) is 3.16. The van der Waals surface area contributed by atoms with Gasteiger partial charge in [0.1, 0.15) is 5.82 Å². The number of anilines is 1. The Labute approximate surface area is 119 Å². The van der Waals surface area contributed by atoms with Gasteiger partial charge in [0, 0.05) is 5.69 Å². The third kappa shape index (κ3) is 2.20. The number of hydrogen-bond acceptors (Lipinski definition) is 1. The van der Waals surface area contributed by atoms with E-state index in [1.807, 2.05) is 12.1 Å². The summed E-state index contributed by atoms with van der Waals surface area (Å²) in [6.07, 6.45) is 1.07. The molecular weight excluding hydrogens is 249 g/mol. The van der Waals surface area contributed by atoms with E-state index in [0.717, 1.165) is 12.1 Å². The minimum absolute atomic E-state index is 0.151. The van der Waals surface area contributed by atoms with E-state index in [9.17, 15) is 4.39 Å². The summed E-state index contributed by atoms with van der Waals surface area (Å²) < 4.78 is 13.4. The minimum atomic E-state index is -0.151. The molecule has 3 rings (SSSR count). The van der Waals surface area contributed by atoms with Gasteiger partial charge in [-0.25, -0.2) is 4.39 Å². The topological polar surface area (TPSA) is 12.0 Å². The Hall–Kier alpha value is -1.83. The van der Waals surface area contributed by atoms with Crippen molar-refractivity contribution in [1.82, 2.24) is 0 Å². The maximum Gasteiger partial charge on any atom is 0.126 e. The summed E-state index contributed by atoms with van der Waals surface area (Å²) in [5, 5.41) is 3.59. The Morgan fingerprint density at radius 3 is 2.65 bits per heavy atom. The third-order valence-corrected chi connectivity index (χ3v) is 4.26. The molecule has 0 heterocycles. The molecule has 20 heavy (non-hydrogen) atoms. The van der Waals surface area contributed by atoms with Crippen molar-refractivity contribution in [3.63, 3.8) is 0 Å². The quantitative estimate of drug-likeness (QED) is 0.820. The lowest BCUT2D eigenvalue weighted by atomic mass is 9.85. The predicted octanol–water partition coefficient (Wildman–Crippen LogP) is 4.87. The van der Waals surface area contributed by atoms with Gasteiger partial charge in [-0.2, -0.15) is 0 Å². The van der Waals surface area contributed by atoms with Crippen LogP contribution in [0, 0.1) is 18.2 Å². The summed E-state index contributed by atoms with van der Waals surface area (Å²) in [6, 6.07) is 14.1. The summed E-state index contributed by atoms with van der Waals surface area (Å²) in [7, 11) is 0. The number of rotatable bonds is 2. The zero-order chi connectivity index (χ0) is 14.3. The van der Waals surface area contributed by atoms with Gasteiger partial charge in [0.25, 0.3) is 0 Å². The van der Waals surface area contributed by atoms with Crippen LogP contribution in [0.3, 0.4) is 0 Å². The molecule has 1 atom stereocenters. The smallest absolute Gasteiger partial charge is 0.126 e. The molecule has 2 aromatic rings. The van der Waals surface area contributed by atoms with Gasteiger partial charge in [0.05, 0.1) is 6.04 Å². The van der Waals surface area contributed by atoms with Crippen LogP contribution in [0.5, 0.6) is 0 Å². The van der Waals surface area contributed by atoms with Crippen LogP contribution < -0.4 is 5.32 Å². The van der Waals surface area contributed by atoms with Crippen molar-refractivity contribution in [3.8, 4) is 0 Å². The molecule has 0 aliphatic heterocycles. The molecule has 1 unspecified atom stereocenters. The minimum Gasteiger partial charge on any atom is -0.378 e. The molecule has 0 spiro atoms. The zero-order valence-corrected chi connectivity index (χ0v) is 12.2. The molecule has 0 saturated heterocycles. The number of halogens is 1. The molecule has 0 amide bonds. The van der Waals surface area contributed by atoms with E-state index in [1.165, 1.54) is 17.2 Å². The van der Waals surface area contributed by atoms with Gasteiger partial charge in [-0.15, -0.1) is 0 Å². The van der Waals surface area contributed by atoms with E-state index in [2.05, 4.69) is 43.4 Å². The van der Waals surface area contributed by atoms with Crippen LogP contribution in [0.25, 0.3) is 0 Å².